The third kappa shape index (κ3) is 3.89. The Bertz CT molecular complexity index is 726. The summed E-state index contributed by atoms with van der Waals surface area (Å²) in [6, 6.07) is 8.03. The maximum absolute atomic E-state index is 12.4. The Morgan fingerprint density at radius 1 is 1.19 bits per heavy atom. The second kappa shape index (κ2) is 6.83. The fraction of sp³-hybridized carbons (Fsp3) is 0.375. The van der Waals surface area contributed by atoms with Crippen LogP contribution in [0.25, 0.3) is 0 Å². The van der Waals surface area contributed by atoms with Gasteiger partial charge >= 0.3 is 5.69 Å². The molecule has 0 bridgehead atoms. The van der Waals surface area contributed by atoms with Gasteiger partial charge in [0.25, 0.3) is 0 Å². The van der Waals surface area contributed by atoms with E-state index in [-0.39, 0.29) is 12.4 Å². The molecule has 1 aromatic heterocycles. The molecule has 0 aliphatic rings. The molecule has 21 heavy (non-hydrogen) atoms. The molecule has 1 heterocycles. The summed E-state index contributed by atoms with van der Waals surface area (Å²) >= 11 is 5.29. The molecule has 4 nitrogen and oxygen atoms in total. The molecule has 0 radical (unpaired) electrons. The van der Waals surface area contributed by atoms with Crippen LogP contribution in [0.1, 0.15) is 23.6 Å². The van der Waals surface area contributed by atoms with Gasteiger partial charge in [0.15, 0.2) is 0 Å². The lowest BCUT2D eigenvalue weighted by atomic mass is 10.1. The molecule has 0 amide bonds. The number of hydrogen-bond acceptors (Lipinski definition) is 3. The van der Waals surface area contributed by atoms with Crippen LogP contribution in [-0.4, -0.2) is 15.7 Å². The lowest BCUT2D eigenvalue weighted by Gasteiger charge is -2.12. The third-order valence-electron chi connectivity index (χ3n) is 3.20. The molecule has 0 aliphatic heterocycles. The molecule has 0 unspecified atom stereocenters. The average molecular weight is 304 g/mol. The number of rotatable bonds is 5. The van der Waals surface area contributed by atoms with E-state index in [9.17, 15) is 4.79 Å². The van der Waals surface area contributed by atoms with Gasteiger partial charge in [-0.25, -0.2) is 4.79 Å². The lowest BCUT2D eigenvalue weighted by molar-refractivity contribution is 0.0833. The minimum absolute atomic E-state index is 0.143. The summed E-state index contributed by atoms with van der Waals surface area (Å²) in [6.07, 6.45) is 1.68. The maximum Gasteiger partial charge on any atom is 0.331 e. The van der Waals surface area contributed by atoms with E-state index >= 15 is 0 Å². The van der Waals surface area contributed by atoms with Gasteiger partial charge in [-0.3, -0.25) is 9.13 Å². The zero-order valence-electron chi connectivity index (χ0n) is 12.6. The molecule has 0 saturated heterocycles. The number of nitrogens with zero attached hydrogens (tertiary/aromatic N) is 2. The van der Waals surface area contributed by atoms with Crippen LogP contribution in [0.3, 0.4) is 0 Å². The highest BCUT2D eigenvalue weighted by atomic mass is 32.1. The quantitative estimate of drug-likeness (QED) is 0.797. The standard InChI is InChI=1S/C16H20N2O2S/c1-4-20-11-17-6-5-15(21)18(16(17)19)10-14-8-12(2)7-13(3)9-14/h5-9H,4,10-11H2,1-3H3. The minimum Gasteiger partial charge on any atom is -0.361 e. The van der Waals surface area contributed by atoms with E-state index < -0.39 is 0 Å². The van der Waals surface area contributed by atoms with Crippen LogP contribution in [0.5, 0.6) is 0 Å². The van der Waals surface area contributed by atoms with Gasteiger partial charge in [-0.2, -0.15) is 0 Å². The molecule has 0 atom stereocenters. The minimum atomic E-state index is -0.143. The zero-order chi connectivity index (χ0) is 15.4. The Labute approximate surface area is 129 Å². The van der Waals surface area contributed by atoms with Crippen LogP contribution < -0.4 is 5.69 Å². The van der Waals surface area contributed by atoms with Crippen molar-refractivity contribution in [1.82, 2.24) is 9.13 Å². The van der Waals surface area contributed by atoms with Crippen molar-refractivity contribution in [3.63, 3.8) is 0 Å². The summed E-state index contributed by atoms with van der Waals surface area (Å²) in [4.78, 5) is 12.4. The van der Waals surface area contributed by atoms with Gasteiger partial charge in [0.1, 0.15) is 11.4 Å². The number of ether oxygens (including phenoxy) is 1. The van der Waals surface area contributed by atoms with Crippen LogP contribution in [0, 0.1) is 18.5 Å². The van der Waals surface area contributed by atoms with Crippen LogP contribution in [0.15, 0.2) is 35.3 Å². The highest BCUT2D eigenvalue weighted by Crippen LogP contribution is 2.10. The Morgan fingerprint density at radius 2 is 1.86 bits per heavy atom. The smallest absolute Gasteiger partial charge is 0.331 e. The molecular formula is C16H20N2O2S. The van der Waals surface area contributed by atoms with E-state index in [2.05, 4.69) is 18.2 Å². The van der Waals surface area contributed by atoms with E-state index in [1.54, 1.807) is 16.8 Å². The number of hydrogen-bond donors (Lipinski definition) is 0. The van der Waals surface area contributed by atoms with E-state index in [1.165, 1.54) is 15.7 Å². The summed E-state index contributed by atoms with van der Waals surface area (Å²) in [5.74, 6) is 0. The van der Waals surface area contributed by atoms with Crippen molar-refractivity contribution in [2.24, 2.45) is 0 Å². The topological polar surface area (TPSA) is 36.2 Å². The van der Waals surface area contributed by atoms with Crippen LogP contribution in [-0.2, 0) is 18.0 Å². The van der Waals surface area contributed by atoms with Crippen LogP contribution in [0.2, 0.25) is 0 Å². The maximum atomic E-state index is 12.4. The largest absolute Gasteiger partial charge is 0.361 e. The van der Waals surface area contributed by atoms with Crippen LogP contribution in [0.4, 0.5) is 0 Å². The molecule has 0 spiro atoms. The first-order valence-electron chi connectivity index (χ1n) is 6.96. The second-order valence-corrected chi connectivity index (χ2v) is 5.53. The van der Waals surface area contributed by atoms with Crippen LogP contribution >= 0.6 is 12.2 Å². The third-order valence-corrected chi connectivity index (χ3v) is 3.55. The summed E-state index contributed by atoms with van der Waals surface area (Å²) in [5.41, 5.74) is 3.30. The SMILES string of the molecule is CCOCn1ccc(=S)n(Cc2cc(C)cc(C)c2)c1=O. The first kappa shape index (κ1) is 15.7. The predicted octanol–water partition coefficient (Wildman–Crippen LogP) is 3.04. The summed E-state index contributed by atoms with van der Waals surface area (Å²) < 4.78 is 8.96. The fourth-order valence-corrected chi connectivity index (χ4v) is 2.54. The monoisotopic (exact) mass is 304 g/mol. The summed E-state index contributed by atoms with van der Waals surface area (Å²) in [5, 5.41) is 0. The molecule has 0 aliphatic carbocycles. The van der Waals surface area contributed by atoms with Crippen molar-refractivity contribution >= 4 is 12.2 Å². The van der Waals surface area contributed by atoms with Gasteiger partial charge in [0.05, 0.1) is 6.54 Å². The number of aryl methyl sites for hydroxylation is 2. The van der Waals surface area contributed by atoms with Gasteiger partial charge in [-0.05, 0) is 32.4 Å². The Morgan fingerprint density at radius 3 is 2.48 bits per heavy atom. The van der Waals surface area contributed by atoms with Gasteiger partial charge in [-0.1, -0.05) is 41.5 Å². The van der Waals surface area contributed by atoms with Gasteiger partial charge in [0, 0.05) is 12.8 Å². The van der Waals surface area contributed by atoms with Gasteiger partial charge in [-0.15, -0.1) is 0 Å². The molecule has 2 rings (SSSR count). The van der Waals surface area contributed by atoms with Crippen molar-refractivity contribution in [1.29, 1.82) is 0 Å². The van der Waals surface area contributed by atoms with E-state index in [0.29, 0.717) is 17.8 Å². The molecule has 112 valence electrons. The summed E-state index contributed by atoms with van der Waals surface area (Å²) in [7, 11) is 0. The van der Waals surface area contributed by atoms with Crippen molar-refractivity contribution < 1.29 is 4.74 Å². The van der Waals surface area contributed by atoms with Gasteiger partial charge < -0.3 is 4.74 Å². The van der Waals surface area contributed by atoms with E-state index in [1.807, 2.05) is 20.8 Å². The molecule has 0 N–H and O–H groups in total. The Hall–Kier alpha value is -1.72. The molecule has 1 aromatic carbocycles. The average Bonchev–Trinajstić information content (AvgIpc) is 2.41. The number of benzene rings is 1. The normalized spacial score (nSPS) is 10.8. The number of aromatic nitrogens is 2. The van der Waals surface area contributed by atoms with Crippen molar-refractivity contribution in [3.8, 4) is 0 Å². The molecule has 2 aromatic rings. The predicted molar refractivity (Wildman–Crippen MR) is 86.2 cm³/mol. The van der Waals surface area contributed by atoms with Gasteiger partial charge in [0.2, 0.25) is 0 Å². The first-order chi connectivity index (χ1) is 10.0. The van der Waals surface area contributed by atoms with Crippen molar-refractivity contribution in [2.45, 2.75) is 34.0 Å². The fourth-order valence-electron chi connectivity index (χ4n) is 2.33. The van der Waals surface area contributed by atoms with E-state index in [0.717, 1.165) is 5.56 Å². The molecule has 5 heteroatoms. The van der Waals surface area contributed by atoms with E-state index in [4.69, 9.17) is 17.0 Å². The Kier molecular flexibility index (Phi) is 5.09. The lowest BCUT2D eigenvalue weighted by Crippen LogP contribution is -2.31. The first-order valence-corrected chi connectivity index (χ1v) is 7.37. The molecular weight excluding hydrogens is 284 g/mol. The summed E-state index contributed by atoms with van der Waals surface area (Å²) in [6.45, 7) is 7.29. The Balaban J connectivity index is 2.39. The van der Waals surface area contributed by atoms with Crippen molar-refractivity contribution in [3.05, 3.63) is 62.3 Å². The highest BCUT2D eigenvalue weighted by molar-refractivity contribution is 7.71. The highest BCUT2D eigenvalue weighted by Gasteiger charge is 2.05. The zero-order valence-corrected chi connectivity index (χ0v) is 13.4. The van der Waals surface area contributed by atoms with Crippen molar-refractivity contribution in [2.75, 3.05) is 6.61 Å². The molecule has 0 fully saturated rings. The second-order valence-electron chi connectivity index (χ2n) is 5.11. The molecule has 0 saturated carbocycles.